The number of phenolic OH excluding ortho intramolecular Hbond substituents is 1. The maximum absolute atomic E-state index is 9.69. The van der Waals surface area contributed by atoms with Gasteiger partial charge < -0.3 is 5.11 Å². The van der Waals surface area contributed by atoms with E-state index in [0.717, 1.165) is 20.8 Å². The van der Waals surface area contributed by atoms with E-state index in [1.807, 2.05) is 18.2 Å². The lowest BCUT2D eigenvalue weighted by Crippen LogP contribution is -1.76. The molecular weight excluding hydrogens is 220 g/mol. The third-order valence-corrected chi connectivity index (χ3v) is 3.45. The zero-order valence-corrected chi connectivity index (χ0v) is 9.11. The highest BCUT2D eigenvalue weighted by Gasteiger charge is 2.08. The molecule has 0 atom stereocenters. The van der Waals surface area contributed by atoms with E-state index in [1.165, 1.54) is 11.3 Å². The minimum Gasteiger partial charge on any atom is -0.506 e. The van der Waals surface area contributed by atoms with Crippen LogP contribution in [0.15, 0.2) is 42.7 Å². The van der Waals surface area contributed by atoms with E-state index < -0.39 is 0 Å². The van der Waals surface area contributed by atoms with Crippen molar-refractivity contribution < 1.29 is 5.11 Å². The van der Waals surface area contributed by atoms with Gasteiger partial charge in [0, 0.05) is 18.0 Å². The van der Waals surface area contributed by atoms with Crippen LogP contribution in [0.4, 0.5) is 0 Å². The first-order valence-corrected chi connectivity index (χ1v) is 5.65. The summed E-state index contributed by atoms with van der Waals surface area (Å²) in [4.78, 5) is 8.52. The van der Waals surface area contributed by atoms with Gasteiger partial charge in [-0.1, -0.05) is 6.07 Å². The molecule has 0 fully saturated rings. The first-order chi connectivity index (χ1) is 7.84. The third-order valence-electron chi connectivity index (χ3n) is 2.30. The zero-order valence-electron chi connectivity index (χ0n) is 8.29. The van der Waals surface area contributed by atoms with E-state index in [4.69, 9.17) is 0 Å². The van der Waals surface area contributed by atoms with Gasteiger partial charge in [-0.25, -0.2) is 4.98 Å². The largest absolute Gasteiger partial charge is 0.506 e. The van der Waals surface area contributed by atoms with E-state index in [1.54, 1.807) is 24.5 Å². The van der Waals surface area contributed by atoms with Gasteiger partial charge in [-0.2, -0.15) is 0 Å². The highest BCUT2D eigenvalue weighted by atomic mass is 32.1. The third kappa shape index (κ3) is 1.44. The second kappa shape index (κ2) is 3.57. The van der Waals surface area contributed by atoms with Crippen LogP contribution in [0.2, 0.25) is 0 Å². The summed E-state index contributed by atoms with van der Waals surface area (Å²) >= 11 is 1.48. The summed E-state index contributed by atoms with van der Waals surface area (Å²) in [6, 6.07) is 9.20. The molecule has 0 saturated carbocycles. The molecule has 3 rings (SSSR count). The van der Waals surface area contributed by atoms with Crippen molar-refractivity contribution in [3.8, 4) is 16.3 Å². The predicted molar refractivity (Wildman–Crippen MR) is 64.5 cm³/mol. The molecule has 0 unspecified atom stereocenters. The van der Waals surface area contributed by atoms with E-state index in [-0.39, 0.29) is 5.75 Å². The van der Waals surface area contributed by atoms with E-state index in [9.17, 15) is 5.11 Å². The van der Waals surface area contributed by atoms with Crippen molar-refractivity contribution in [2.45, 2.75) is 0 Å². The summed E-state index contributed by atoms with van der Waals surface area (Å²) in [6.45, 7) is 0. The summed E-state index contributed by atoms with van der Waals surface area (Å²) in [5.41, 5.74) is 1.80. The van der Waals surface area contributed by atoms with Gasteiger partial charge in [-0.15, -0.1) is 11.3 Å². The molecule has 4 heteroatoms. The van der Waals surface area contributed by atoms with Crippen molar-refractivity contribution >= 4 is 21.6 Å². The van der Waals surface area contributed by atoms with Gasteiger partial charge in [0.25, 0.3) is 0 Å². The van der Waals surface area contributed by atoms with Gasteiger partial charge in [0.05, 0.1) is 10.2 Å². The van der Waals surface area contributed by atoms with E-state index in [2.05, 4.69) is 9.97 Å². The van der Waals surface area contributed by atoms with Gasteiger partial charge in [-0.05, 0) is 24.3 Å². The van der Waals surface area contributed by atoms with Crippen LogP contribution in [-0.4, -0.2) is 15.1 Å². The Morgan fingerprint density at radius 1 is 1.12 bits per heavy atom. The quantitative estimate of drug-likeness (QED) is 0.696. The summed E-state index contributed by atoms with van der Waals surface area (Å²) in [5, 5.41) is 10.6. The first kappa shape index (κ1) is 9.30. The minimum atomic E-state index is 0.283. The summed E-state index contributed by atoms with van der Waals surface area (Å²) in [7, 11) is 0. The molecule has 1 aromatic carbocycles. The SMILES string of the molecule is Oc1cccc2nc(-c3cccnc3)sc12. The van der Waals surface area contributed by atoms with E-state index >= 15 is 0 Å². The van der Waals surface area contributed by atoms with Crippen molar-refractivity contribution in [2.75, 3.05) is 0 Å². The molecule has 1 N–H and O–H groups in total. The Hall–Kier alpha value is -1.94. The predicted octanol–water partition coefficient (Wildman–Crippen LogP) is 3.06. The van der Waals surface area contributed by atoms with Crippen LogP contribution >= 0.6 is 11.3 Å². The number of hydrogen-bond donors (Lipinski definition) is 1. The van der Waals surface area contributed by atoms with Crippen LogP contribution in [0.5, 0.6) is 5.75 Å². The summed E-state index contributed by atoms with van der Waals surface area (Å²) < 4.78 is 0.821. The number of phenols is 1. The van der Waals surface area contributed by atoms with Gasteiger partial charge in [-0.3, -0.25) is 4.98 Å². The number of aromatic hydroxyl groups is 1. The normalized spacial score (nSPS) is 10.8. The number of benzene rings is 1. The highest BCUT2D eigenvalue weighted by molar-refractivity contribution is 7.22. The van der Waals surface area contributed by atoms with Crippen LogP contribution in [0.25, 0.3) is 20.8 Å². The topological polar surface area (TPSA) is 46.0 Å². The lowest BCUT2D eigenvalue weighted by atomic mass is 10.3. The van der Waals surface area contributed by atoms with Crippen LogP contribution in [0.3, 0.4) is 0 Å². The van der Waals surface area contributed by atoms with Gasteiger partial charge >= 0.3 is 0 Å². The fourth-order valence-electron chi connectivity index (χ4n) is 1.55. The average molecular weight is 228 g/mol. The zero-order chi connectivity index (χ0) is 11.0. The first-order valence-electron chi connectivity index (χ1n) is 4.83. The molecule has 78 valence electrons. The van der Waals surface area contributed by atoms with Crippen LogP contribution in [0, 0.1) is 0 Å². The number of pyridine rings is 1. The molecule has 0 amide bonds. The minimum absolute atomic E-state index is 0.283. The van der Waals surface area contributed by atoms with Crippen molar-refractivity contribution in [1.82, 2.24) is 9.97 Å². The molecule has 0 saturated heterocycles. The van der Waals surface area contributed by atoms with Gasteiger partial charge in [0.1, 0.15) is 10.8 Å². The maximum atomic E-state index is 9.69. The summed E-state index contributed by atoms with van der Waals surface area (Å²) in [5.74, 6) is 0.283. The van der Waals surface area contributed by atoms with E-state index in [0.29, 0.717) is 0 Å². The standard InChI is InChI=1S/C12H8N2OS/c15-10-5-1-4-9-11(10)16-12(14-9)8-3-2-6-13-7-8/h1-7,15H. The van der Waals surface area contributed by atoms with Crippen molar-refractivity contribution in [3.63, 3.8) is 0 Å². The highest BCUT2D eigenvalue weighted by Crippen LogP contribution is 2.34. The van der Waals surface area contributed by atoms with Crippen LogP contribution < -0.4 is 0 Å². The molecule has 2 heterocycles. The Morgan fingerprint density at radius 3 is 2.81 bits per heavy atom. The number of nitrogens with zero attached hydrogens (tertiary/aromatic N) is 2. The maximum Gasteiger partial charge on any atom is 0.135 e. The second-order valence-corrected chi connectivity index (χ2v) is 4.39. The van der Waals surface area contributed by atoms with Crippen LogP contribution in [-0.2, 0) is 0 Å². The van der Waals surface area contributed by atoms with Crippen molar-refractivity contribution in [3.05, 3.63) is 42.7 Å². The number of hydrogen-bond acceptors (Lipinski definition) is 4. The summed E-state index contributed by atoms with van der Waals surface area (Å²) in [6.07, 6.45) is 3.50. The van der Waals surface area contributed by atoms with Gasteiger partial charge in [0.2, 0.25) is 0 Å². The Balaban J connectivity index is 2.23. The molecule has 0 aliphatic carbocycles. The fourth-order valence-corrected chi connectivity index (χ4v) is 2.51. The number of thiazole rings is 1. The monoisotopic (exact) mass is 228 g/mol. The van der Waals surface area contributed by atoms with Crippen LogP contribution in [0.1, 0.15) is 0 Å². The number of fused-ring (bicyclic) bond motifs is 1. The average Bonchev–Trinajstić information content (AvgIpc) is 2.76. The molecule has 0 aliphatic rings. The van der Waals surface area contributed by atoms with Gasteiger partial charge in [0.15, 0.2) is 0 Å². The molecule has 3 nitrogen and oxygen atoms in total. The Morgan fingerprint density at radius 2 is 2.06 bits per heavy atom. The molecule has 0 spiro atoms. The lowest BCUT2D eigenvalue weighted by molar-refractivity contribution is 0.482. The smallest absolute Gasteiger partial charge is 0.135 e. The molecule has 0 aliphatic heterocycles. The Labute approximate surface area is 96.0 Å². The second-order valence-electron chi connectivity index (χ2n) is 3.39. The molecule has 16 heavy (non-hydrogen) atoms. The molecule has 0 bridgehead atoms. The fraction of sp³-hybridized carbons (Fsp3) is 0. The van der Waals surface area contributed by atoms with Crippen molar-refractivity contribution in [2.24, 2.45) is 0 Å². The van der Waals surface area contributed by atoms with Crippen molar-refractivity contribution in [1.29, 1.82) is 0 Å². The molecule has 2 aromatic heterocycles. The Bertz CT molecular complexity index is 634. The molecular formula is C12H8N2OS. The number of aromatic nitrogens is 2. The number of rotatable bonds is 1. The lowest BCUT2D eigenvalue weighted by Gasteiger charge is -1.91. The Kier molecular flexibility index (Phi) is 2.08. The molecule has 3 aromatic rings. The molecule has 0 radical (unpaired) electrons.